The minimum atomic E-state index is -4.17. The number of fused-ring (bicyclic) bond motifs is 2. The summed E-state index contributed by atoms with van der Waals surface area (Å²) in [4.78, 5) is 24.5. The number of hydrogen-bond acceptors (Lipinski definition) is 9. The standard InChI is InChI=1S/C15H22N5O6P/c1-3-4-5-19(2)13-10-14(17-7-16-13)20(8-18-10)15-11(21)12-9(25-15)6-24-27(22,23)26-12/h7-9,11-12,15,21H,3-6H2,1-2H3,(H,22,23)/t9-,11-,12-,15-/m1/s1. The van der Waals surface area contributed by atoms with Crippen molar-refractivity contribution in [2.75, 3.05) is 25.1 Å². The number of anilines is 1. The second-order valence-corrected chi connectivity index (χ2v) is 8.09. The van der Waals surface area contributed by atoms with Crippen molar-refractivity contribution in [3.05, 3.63) is 12.7 Å². The molecule has 2 aliphatic heterocycles. The third-order valence-electron chi connectivity index (χ3n) is 4.79. The summed E-state index contributed by atoms with van der Waals surface area (Å²) in [5.41, 5.74) is 1.09. The van der Waals surface area contributed by atoms with Crippen molar-refractivity contribution in [2.45, 2.75) is 44.3 Å². The van der Waals surface area contributed by atoms with Gasteiger partial charge < -0.3 is 19.6 Å². The fourth-order valence-corrected chi connectivity index (χ4v) is 4.34. The molecule has 0 aromatic carbocycles. The molecular formula is C15H22N5O6P. The number of nitrogens with zero attached hydrogens (tertiary/aromatic N) is 5. The quantitative estimate of drug-likeness (QED) is 0.697. The van der Waals surface area contributed by atoms with Crippen molar-refractivity contribution in [1.29, 1.82) is 0 Å². The summed E-state index contributed by atoms with van der Waals surface area (Å²) in [5, 5.41) is 10.6. The van der Waals surface area contributed by atoms with Crippen LogP contribution in [0.25, 0.3) is 11.2 Å². The van der Waals surface area contributed by atoms with E-state index in [4.69, 9.17) is 13.8 Å². The van der Waals surface area contributed by atoms with Gasteiger partial charge >= 0.3 is 7.82 Å². The number of phosphoric acid groups is 1. The van der Waals surface area contributed by atoms with Crippen LogP contribution in [0.3, 0.4) is 0 Å². The third kappa shape index (κ3) is 3.35. The lowest BCUT2D eigenvalue weighted by molar-refractivity contribution is -0.0664. The molecule has 0 saturated carbocycles. The lowest BCUT2D eigenvalue weighted by Crippen LogP contribution is -2.39. The number of aliphatic hydroxyl groups is 1. The first-order valence-electron chi connectivity index (χ1n) is 8.79. The lowest BCUT2D eigenvalue weighted by atomic mass is 10.1. The van der Waals surface area contributed by atoms with Crippen LogP contribution in [0.15, 0.2) is 12.7 Å². The molecule has 12 heteroatoms. The molecule has 0 amide bonds. The summed E-state index contributed by atoms with van der Waals surface area (Å²) in [6.07, 6.45) is 1.37. The number of unbranched alkanes of at least 4 members (excludes halogenated alkanes) is 1. The highest BCUT2D eigenvalue weighted by Crippen LogP contribution is 2.52. The first kappa shape index (κ1) is 18.7. The number of aromatic nitrogens is 4. The maximum Gasteiger partial charge on any atom is 0.472 e. The molecule has 148 valence electrons. The van der Waals surface area contributed by atoms with Crippen molar-refractivity contribution in [3.63, 3.8) is 0 Å². The molecule has 0 spiro atoms. The summed E-state index contributed by atoms with van der Waals surface area (Å²) < 4.78 is 28.8. The van der Waals surface area contributed by atoms with E-state index in [-0.39, 0.29) is 6.61 Å². The fraction of sp³-hybridized carbons (Fsp3) is 0.667. The van der Waals surface area contributed by atoms with Crippen molar-refractivity contribution in [3.8, 4) is 0 Å². The van der Waals surface area contributed by atoms with Crippen molar-refractivity contribution in [2.24, 2.45) is 0 Å². The van der Waals surface area contributed by atoms with Gasteiger partial charge in [-0.1, -0.05) is 13.3 Å². The van der Waals surface area contributed by atoms with Gasteiger partial charge in [0.15, 0.2) is 23.2 Å². The normalized spacial score (nSPS) is 33.3. The van der Waals surface area contributed by atoms with E-state index in [0.29, 0.717) is 17.0 Å². The number of phosphoric ester groups is 1. The van der Waals surface area contributed by atoms with E-state index in [2.05, 4.69) is 21.9 Å². The second-order valence-electron chi connectivity index (χ2n) is 6.69. The molecule has 0 radical (unpaired) electrons. The Bertz CT molecular complexity index is 877. The zero-order valence-electron chi connectivity index (χ0n) is 15.0. The van der Waals surface area contributed by atoms with Gasteiger partial charge in [0.05, 0.1) is 12.9 Å². The number of rotatable bonds is 5. The first-order valence-corrected chi connectivity index (χ1v) is 10.3. The Morgan fingerprint density at radius 1 is 1.41 bits per heavy atom. The van der Waals surface area contributed by atoms with Gasteiger partial charge in [-0.3, -0.25) is 13.6 Å². The van der Waals surface area contributed by atoms with E-state index in [1.54, 1.807) is 4.57 Å². The SMILES string of the molecule is CCCCN(C)c1ncnc2c1ncn2[C@@H]1O[C@@H]2COP(=O)(O)O[C@H]2[C@H]1O. The van der Waals surface area contributed by atoms with E-state index < -0.39 is 32.4 Å². The zero-order valence-corrected chi connectivity index (χ0v) is 15.9. The summed E-state index contributed by atoms with van der Waals surface area (Å²) in [6.45, 7) is 2.81. The average Bonchev–Trinajstić information content (AvgIpc) is 3.20. The highest BCUT2D eigenvalue weighted by molar-refractivity contribution is 7.47. The van der Waals surface area contributed by atoms with E-state index in [0.717, 1.165) is 19.4 Å². The van der Waals surface area contributed by atoms with Crippen LogP contribution in [0.5, 0.6) is 0 Å². The topological polar surface area (TPSA) is 132 Å². The molecule has 27 heavy (non-hydrogen) atoms. The lowest BCUT2D eigenvalue weighted by Gasteiger charge is -2.27. The summed E-state index contributed by atoms with van der Waals surface area (Å²) >= 11 is 0. The summed E-state index contributed by atoms with van der Waals surface area (Å²) in [6, 6.07) is 0. The molecule has 2 saturated heterocycles. The molecule has 0 aliphatic carbocycles. The molecule has 4 heterocycles. The summed E-state index contributed by atoms with van der Waals surface area (Å²) in [5.74, 6) is 0.691. The Morgan fingerprint density at radius 2 is 2.22 bits per heavy atom. The van der Waals surface area contributed by atoms with Gasteiger partial charge in [-0.05, 0) is 6.42 Å². The van der Waals surface area contributed by atoms with Crippen molar-refractivity contribution in [1.82, 2.24) is 19.5 Å². The van der Waals surface area contributed by atoms with Gasteiger partial charge in [0.25, 0.3) is 0 Å². The molecule has 4 rings (SSSR count). The Kier molecular flexibility index (Phi) is 4.91. The largest absolute Gasteiger partial charge is 0.472 e. The molecule has 2 aliphatic rings. The minimum absolute atomic E-state index is 0.140. The smallest absolute Gasteiger partial charge is 0.386 e. The van der Waals surface area contributed by atoms with Crippen LogP contribution in [-0.2, 0) is 18.3 Å². The van der Waals surface area contributed by atoms with Crippen molar-refractivity contribution < 1.29 is 28.3 Å². The molecule has 2 aromatic heterocycles. The number of hydrogen-bond donors (Lipinski definition) is 2. The first-order chi connectivity index (χ1) is 12.9. The van der Waals surface area contributed by atoms with E-state index in [9.17, 15) is 14.6 Å². The van der Waals surface area contributed by atoms with Crippen LogP contribution in [0.2, 0.25) is 0 Å². The van der Waals surface area contributed by atoms with Gasteiger partial charge in [0.2, 0.25) is 0 Å². The van der Waals surface area contributed by atoms with Gasteiger partial charge in [-0.2, -0.15) is 0 Å². The number of imidazole rings is 1. The molecule has 0 bridgehead atoms. The number of ether oxygens (including phenoxy) is 1. The highest BCUT2D eigenvalue weighted by atomic mass is 31.2. The Labute approximate surface area is 155 Å². The monoisotopic (exact) mass is 399 g/mol. The minimum Gasteiger partial charge on any atom is -0.386 e. The molecule has 1 unspecified atom stereocenters. The van der Waals surface area contributed by atoms with Crippen LogP contribution in [0.4, 0.5) is 5.82 Å². The van der Waals surface area contributed by atoms with Gasteiger partial charge in [-0.15, -0.1) is 0 Å². The predicted octanol–water partition coefficient (Wildman–Crippen LogP) is 0.837. The van der Waals surface area contributed by atoms with Crippen molar-refractivity contribution >= 4 is 24.8 Å². The molecule has 5 atom stereocenters. The van der Waals surface area contributed by atoms with Gasteiger partial charge in [0.1, 0.15) is 24.6 Å². The molecule has 2 fully saturated rings. The van der Waals surface area contributed by atoms with Crippen LogP contribution < -0.4 is 4.90 Å². The second kappa shape index (κ2) is 7.08. The average molecular weight is 399 g/mol. The Morgan fingerprint density at radius 3 is 3.00 bits per heavy atom. The highest BCUT2D eigenvalue weighted by Gasteiger charge is 2.52. The maximum atomic E-state index is 11.6. The van der Waals surface area contributed by atoms with Crippen LogP contribution in [0, 0.1) is 0 Å². The van der Waals surface area contributed by atoms with Crippen LogP contribution in [0.1, 0.15) is 26.0 Å². The zero-order chi connectivity index (χ0) is 19.2. The van der Waals surface area contributed by atoms with E-state index in [1.165, 1.54) is 12.7 Å². The summed E-state index contributed by atoms with van der Waals surface area (Å²) in [7, 11) is -2.23. The molecule has 11 nitrogen and oxygen atoms in total. The number of aliphatic hydroxyl groups excluding tert-OH is 1. The third-order valence-corrected chi connectivity index (χ3v) is 5.77. The fourth-order valence-electron chi connectivity index (χ4n) is 3.37. The maximum absolute atomic E-state index is 11.6. The molecule has 2 N–H and O–H groups in total. The van der Waals surface area contributed by atoms with E-state index in [1.807, 2.05) is 11.9 Å². The van der Waals surface area contributed by atoms with Gasteiger partial charge in [0, 0.05) is 13.6 Å². The molecular weight excluding hydrogens is 377 g/mol. The van der Waals surface area contributed by atoms with Gasteiger partial charge in [-0.25, -0.2) is 19.5 Å². The predicted molar refractivity (Wildman–Crippen MR) is 94.1 cm³/mol. The molecule has 2 aromatic rings. The Balaban J connectivity index is 1.64. The van der Waals surface area contributed by atoms with E-state index >= 15 is 0 Å². The Hall–Kier alpha value is -1.62. The van der Waals surface area contributed by atoms with Crippen LogP contribution >= 0.6 is 7.82 Å². The van der Waals surface area contributed by atoms with Crippen LogP contribution in [-0.4, -0.2) is 68.0 Å².